The largest absolute Gasteiger partial charge is 0.465 e. The molecule has 0 bridgehead atoms. The van der Waals surface area contributed by atoms with E-state index in [1.54, 1.807) is 6.08 Å². The SMILES string of the molecule is CCCN(c1cc(-c2ccc3c(c2)C2(CC=C(F)CC2)C(=O)N3)cc(C(=O)OC)c1C)C1CCOCC1. The highest BCUT2D eigenvalue weighted by Crippen LogP contribution is 2.48. The number of benzene rings is 2. The standard InChI is InChI=1S/C30H35FN2O4/c1-4-13-33(23-9-14-37-15-10-23)27-18-21(16-24(19(27)2)28(34)36-3)20-5-6-26-25(17-20)30(29(35)32-26)11-7-22(31)8-12-30/h5-7,16-18,23H,4,8-15H2,1-3H3,(H,32,35). The first-order valence-electron chi connectivity index (χ1n) is 13.3. The molecule has 1 amide bonds. The normalized spacial score (nSPS) is 21.4. The second-order valence-electron chi connectivity index (χ2n) is 10.3. The molecule has 0 radical (unpaired) electrons. The van der Waals surface area contributed by atoms with E-state index >= 15 is 0 Å². The number of ether oxygens (including phenoxy) is 2. The molecule has 0 saturated carbocycles. The summed E-state index contributed by atoms with van der Waals surface area (Å²) in [7, 11) is 1.41. The molecule has 1 fully saturated rings. The third-order valence-electron chi connectivity index (χ3n) is 8.21. The third-order valence-corrected chi connectivity index (χ3v) is 8.21. The van der Waals surface area contributed by atoms with Gasteiger partial charge in [0.25, 0.3) is 0 Å². The van der Waals surface area contributed by atoms with Gasteiger partial charge in [0.1, 0.15) is 0 Å². The number of hydrogen-bond acceptors (Lipinski definition) is 5. The molecule has 1 spiro atoms. The minimum absolute atomic E-state index is 0.0723. The van der Waals surface area contributed by atoms with Crippen molar-refractivity contribution in [3.63, 3.8) is 0 Å². The average molecular weight is 507 g/mol. The molecule has 6 nitrogen and oxygen atoms in total. The summed E-state index contributed by atoms with van der Waals surface area (Å²) in [5, 5.41) is 3.00. The van der Waals surface area contributed by atoms with Crippen LogP contribution in [0.15, 0.2) is 42.2 Å². The van der Waals surface area contributed by atoms with Gasteiger partial charge in [-0.25, -0.2) is 9.18 Å². The van der Waals surface area contributed by atoms with Gasteiger partial charge in [0.05, 0.1) is 23.9 Å². The van der Waals surface area contributed by atoms with E-state index in [1.165, 1.54) is 7.11 Å². The van der Waals surface area contributed by atoms with Gasteiger partial charge in [-0.2, -0.15) is 0 Å². The molecule has 1 aliphatic carbocycles. The maximum Gasteiger partial charge on any atom is 0.338 e. The van der Waals surface area contributed by atoms with E-state index < -0.39 is 5.41 Å². The van der Waals surface area contributed by atoms with Gasteiger partial charge >= 0.3 is 5.97 Å². The van der Waals surface area contributed by atoms with Gasteiger partial charge < -0.3 is 19.7 Å². The van der Waals surface area contributed by atoms with Crippen molar-refractivity contribution < 1.29 is 23.5 Å². The van der Waals surface area contributed by atoms with Crippen LogP contribution in [0.2, 0.25) is 0 Å². The summed E-state index contributed by atoms with van der Waals surface area (Å²) < 4.78 is 24.6. The Hall–Kier alpha value is -3.19. The molecule has 2 aromatic carbocycles. The summed E-state index contributed by atoms with van der Waals surface area (Å²) in [5.41, 5.74) is 5.20. The van der Waals surface area contributed by atoms with Crippen LogP contribution >= 0.6 is 0 Å². The zero-order chi connectivity index (χ0) is 26.2. The van der Waals surface area contributed by atoms with Crippen LogP contribution in [0.1, 0.15) is 66.9 Å². The fraction of sp³-hybridized carbons (Fsp3) is 0.467. The zero-order valence-corrected chi connectivity index (χ0v) is 21.9. The van der Waals surface area contributed by atoms with E-state index in [0.717, 1.165) is 72.6 Å². The van der Waals surface area contributed by atoms with Crippen molar-refractivity contribution in [3.05, 3.63) is 58.9 Å². The van der Waals surface area contributed by atoms with Gasteiger partial charge in [-0.1, -0.05) is 19.1 Å². The monoisotopic (exact) mass is 506 g/mol. The lowest BCUT2D eigenvalue weighted by Gasteiger charge is -2.37. The maximum atomic E-state index is 13.9. The number of methoxy groups -OCH3 is 1. The number of esters is 1. The topological polar surface area (TPSA) is 67.9 Å². The van der Waals surface area contributed by atoms with Crippen LogP contribution in [0.25, 0.3) is 11.1 Å². The molecule has 2 heterocycles. The Labute approximate surface area is 217 Å². The van der Waals surface area contributed by atoms with Crippen LogP contribution in [0.4, 0.5) is 15.8 Å². The molecule has 2 aromatic rings. The second kappa shape index (κ2) is 10.3. The minimum atomic E-state index is -0.754. The fourth-order valence-corrected chi connectivity index (χ4v) is 6.09. The Kier molecular flexibility index (Phi) is 7.08. The fourth-order valence-electron chi connectivity index (χ4n) is 6.09. The van der Waals surface area contributed by atoms with Crippen LogP contribution in [-0.4, -0.2) is 44.8 Å². The molecular weight excluding hydrogens is 471 g/mol. The number of anilines is 2. The van der Waals surface area contributed by atoms with E-state index in [-0.39, 0.29) is 24.1 Å². The summed E-state index contributed by atoms with van der Waals surface area (Å²) in [6.07, 6.45) is 5.46. The summed E-state index contributed by atoms with van der Waals surface area (Å²) in [5.74, 6) is -0.596. The van der Waals surface area contributed by atoms with E-state index in [1.807, 2.05) is 31.2 Å². The average Bonchev–Trinajstić information content (AvgIpc) is 3.19. The predicted octanol–water partition coefficient (Wildman–Crippen LogP) is 6.07. The van der Waals surface area contributed by atoms with E-state index in [9.17, 15) is 14.0 Å². The number of nitrogens with one attached hydrogen (secondary N) is 1. The van der Waals surface area contributed by atoms with Crippen molar-refractivity contribution in [2.24, 2.45) is 0 Å². The van der Waals surface area contributed by atoms with Crippen LogP contribution < -0.4 is 10.2 Å². The van der Waals surface area contributed by atoms with E-state index in [4.69, 9.17) is 9.47 Å². The highest BCUT2D eigenvalue weighted by Gasteiger charge is 2.47. The van der Waals surface area contributed by atoms with Crippen LogP contribution in [0, 0.1) is 6.92 Å². The highest BCUT2D eigenvalue weighted by atomic mass is 19.1. The van der Waals surface area contributed by atoms with Gasteiger partial charge in [-0.3, -0.25) is 4.79 Å². The van der Waals surface area contributed by atoms with Crippen molar-refractivity contribution in [2.45, 2.75) is 63.8 Å². The predicted molar refractivity (Wildman–Crippen MR) is 143 cm³/mol. The zero-order valence-electron chi connectivity index (χ0n) is 21.9. The molecule has 1 unspecified atom stereocenters. The molecule has 7 heteroatoms. The van der Waals surface area contributed by atoms with Gasteiger partial charge in [-0.05, 0) is 85.5 Å². The molecule has 196 valence electrons. The molecule has 0 aromatic heterocycles. The molecule has 1 N–H and O–H groups in total. The molecule has 1 saturated heterocycles. The quantitative estimate of drug-likeness (QED) is 0.482. The first-order chi connectivity index (χ1) is 17.9. The first-order valence-corrected chi connectivity index (χ1v) is 13.3. The number of nitrogens with zero attached hydrogens (tertiary/aromatic N) is 1. The Morgan fingerprint density at radius 2 is 2.00 bits per heavy atom. The second-order valence-corrected chi connectivity index (χ2v) is 10.3. The van der Waals surface area contributed by atoms with Gasteiger partial charge in [-0.15, -0.1) is 0 Å². The lowest BCUT2D eigenvalue weighted by molar-refractivity contribution is -0.121. The van der Waals surface area contributed by atoms with Crippen LogP contribution in [0.5, 0.6) is 0 Å². The van der Waals surface area contributed by atoms with Crippen LogP contribution in [-0.2, 0) is 19.7 Å². The Morgan fingerprint density at radius 3 is 2.68 bits per heavy atom. The van der Waals surface area contributed by atoms with E-state index in [0.29, 0.717) is 24.4 Å². The third kappa shape index (κ3) is 4.54. The number of carbonyl (C=O) groups is 2. The number of carbonyl (C=O) groups excluding carboxylic acids is 2. The molecular formula is C30H35FN2O4. The maximum absolute atomic E-state index is 13.9. The molecule has 37 heavy (non-hydrogen) atoms. The minimum Gasteiger partial charge on any atom is -0.465 e. The molecule has 5 rings (SSSR count). The van der Waals surface area contributed by atoms with Crippen molar-refractivity contribution in [2.75, 3.05) is 37.1 Å². The number of amides is 1. The van der Waals surface area contributed by atoms with Crippen LogP contribution in [0.3, 0.4) is 0 Å². The molecule has 2 aliphatic heterocycles. The Morgan fingerprint density at radius 1 is 1.22 bits per heavy atom. The van der Waals surface area contributed by atoms with Gasteiger partial charge in [0.15, 0.2) is 0 Å². The van der Waals surface area contributed by atoms with Gasteiger partial charge in [0, 0.05) is 43.6 Å². The number of allylic oxidation sites excluding steroid dienone is 2. The summed E-state index contributed by atoms with van der Waals surface area (Å²) in [6.45, 7) is 6.49. The van der Waals surface area contributed by atoms with Crippen molar-refractivity contribution in [3.8, 4) is 11.1 Å². The van der Waals surface area contributed by atoms with Crippen molar-refractivity contribution >= 4 is 23.3 Å². The number of rotatable bonds is 6. The van der Waals surface area contributed by atoms with E-state index in [2.05, 4.69) is 23.2 Å². The Bertz CT molecular complexity index is 1250. The summed E-state index contributed by atoms with van der Waals surface area (Å²) in [6, 6.07) is 10.3. The first kappa shape index (κ1) is 25.5. The Balaban J connectivity index is 1.63. The lowest BCUT2D eigenvalue weighted by Crippen LogP contribution is -2.40. The number of hydrogen-bond donors (Lipinski definition) is 1. The smallest absolute Gasteiger partial charge is 0.338 e. The number of fused-ring (bicyclic) bond motifs is 2. The summed E-state index contributed by atoms with van der Waals surface area (Å²) >= 11 is 0. The highest BCUT2D eigenvalue weighted by molar-refractivity contribution is 6.07. The van der Waals surface area contributed by atoms with Crippen molar-refractivity contribution in [1.29, 1.82) is 0 Å². The lowest BCUT2D eigenvalue weighted by atomic mass is 9.72. The summed E-state index contributed by atoms with van der Waals surface area (Å²) in [4.78, 5) is 28.3. The molecule has 3 aliphatic rings. The van der Waals surface area contributed by atoms with Crippen molar-refractivity contribution in [1.82, 2.24) is 0 Å². The number of halogens is 1. The molecule has 1 atom stereocenters. The van der Waals surface area contributed by atoms with Gasteiger partial charge in [0.2, 0.25) is 5.91 Å².